The van der Waals surface area contributed by atoms with Crippen LogP contribution in [0.3, 0.4) is 0 Å². The summed E-state index contributed by atoms with van der Waals surface area (Å²) in [4.78, 5) is 1.13. The predicted molar refractivity (Wildman–Crippen MR) is 63.5 cm³/mol. The van der Waals surface area contributed by atoms with Crippen molar-refractivity contribution in [3.8, 4) is 0 Å². The summed E-state index contributed by atoms with van der Waals surface area (Å²) in [6.45, 7) is 2.14. The highest BCUT2D eigenvalue weighted by Gasteiger charge is 2.04. The second kappa shape index (κ2) is 5.27. The smallest absolute Gasteiger partial charge is 0.124 e. The zero-order valence-electron chi connectivity index (χ0n) is 8.01. The van der Waals surface area contributed by atoms with Gasteiger partial charge in [0.25, 0.3) is 0 Å². The molecule has 3 N–H and O–H groups in total. The van der Waals surface area contributed by atoms with E-state index in [1.807, 2.05) is 12.1 Å². The largest absolute Gasteiger partial charge is 0.384 e. The molecule has 0 aliphatic rings. The van der Waals surface area contributed by atoms with Crippen molar-refractivity contribution in [2.75, 3.05) is 5.75 Å². The van der Waals surface area contributed by atoms with Gasteiger partial charge < -0.3 is 5.73 Å². The zero-order valence-corrected chi connectivity index (χ0v) is 9.58. The molecular formula is C10H13ClN2S. The Labute approximate surface area is 93.3 Å². The minimum atomic E-state index is 0.0158. The Morgan fingerprint density at radius 1 is 1.57 bits per heavy atom. The van der Waals surface area contributed by atoms with Gasteiger partial charge in [0.2, 0.25) is 0 Å². The maximum Gasteiger partial charge on any atom is 0.124 e. The molecule has 1 aromatic rings. The van der Waals surface area contributed by atoms with Crippen LogP contribution in [0.4, 0.5) is 0 Å². The molecule has 4 heteroatoms. The SMILES string of the molecule is CCCSc1ccc(C(=N)N)c(Cl)c1. The Hall–Kier alpha value is -0.670. The van der Waals surface area contributed by atoms with E-state index in [1.54, 1.807) is 17.8 Å². The molecule has 0 spiro atoms. The standard InChI is InChI=1S/C10H13ClN2S/c1-2-5-14-7-3-4-8(10(12)13)9(11)6-7/h3-4,6H,2,5H2,1H3,(H3,12,13). The summed E-state index contributed by atoms with van der Waals surface area (Å²) in [5, 5.41) is 7.83. The highest BCUT2D eigenvalue weighted by molar-refractivity contribution is 7.99. The lowest BCUT2D eigenvalue weighted by atomic mass is 10.2. The third kappa shape index (κ3) is 2.93. The van der Waals surface area contributed by atoms with Crippen molar-refractivity contribution in [3.05, 3.63) is 28.8 Å². The van der Waals surface area contributed by atoms with Crippen molar-refractivity contribution in [2.24, 2.45) is 5.73 Å². The van der Waals surface area contributed by atoms with Crippen LogP contribution >= 0.6 is 23.4 Å². The Bertz CT molecular complexity index is 339. The summed E-state index contributed by atoms with van der Waals surface area (Å²) in [6.07, 6.45) is 1.14. The average molecular weight is 229 g/mol. The van der Waals surface area contributed by atoms with Crippen LogP contribution in [0, 0.1) is 5.41 Å². The van der Waals surface area contributed by atoms with Crippen molar-refractivity contribution in [3.63, 3.8) is 0 Å². The Kier molecular flexibility index (Phi) is 4.29. The van der Waals surface area contributed by atoms with Gasteiger partial charge in [-0.05, 0) is 30.4 Å². The number of hydrogen-bond donors (Lipinski definition) is 2. The van der Waals surface area contributed by atoms with Gasteiger partial charge in [-0.3, -0.25) is 5.41 Å². The minimum absolute atomic E-state index is 0.0158. The van der Waals surface area contributed by atoms with Gasteiger partial charge in [0.1, 0.15) is 5.84 Å². The number of amidine groups is 1. The number of rotatable bonds is 4. The van der Waals surface area contributed by atoms with Crippen LogP contribution in [0.2, 0.25) is 5.02 Å². The van der Waals surface area contributed by atoms with Gasteiger partial charge >= 0.3 is 0 Å². The third-order valence-electron chi connectivity index (χ3n) is 1.70. The van der Waals surface area contributed by atoms with Crippen molar-refractivity contribution in [2.45, 2.75) is 18.2 Å². The zero-order chi connectivity index (χ0) is 10.6. The lowest BCUT2D eigenvalue weighted by molar-refractivity contribution is 1.10. The van der Waals surface area contributed by atoms with Crippen molar-refractivity contribution in [1.29, 1.82) is 5.41 Å². The molecule has 14 heavy (non-hydrogen) atoms. The molecule has 0 unspecified atom stereocenters. The summed E-state index contributed by atoms with van der Waals surface area (Å²) >= 11 is 7.73. The first-order valence-corrected chi connectivity index (χ1v) is 5.78. The molecule has 1 aromatic carbocycles. The van der Waals surface area contributed by atoms with E-state index >= 15 is 0 Å². The van der Waals surface area contributed by atoms with E-state index in [0.717, 1.165) is 17.1 Å². The van der Waals surface area contributed by atoms with E-state index in [-0.39, 0.29) is 5.84 Å². The number of nitrogens with one attached hydrogen (secondary N) is 1. The molecule has 0 amide bonds. The van der Waals surface area contributed by atoms with Crippen molar-refractivity contribution < 1.29 is 0 Å². The molecule has 0 aromatic heterocycles. The predicted octanol–water partition coefficient (Wildman–Crippen LogP) is 3.13. The van der Waals surface area contributed by atoms with Crippen LogP contribution in [0.15, 0.2) is 23.1 Å². The molecule has 0 heterocycles. The van der Waals surface area contributed by atoms with Gasteiger partial charge in [-0.1, -0.05) is 18.5 Å². The molecule has 0 aliphatic heterocycles. The van der Waals surface area contributed by atoms with Gasteiger partial charge in [0.15, 0.2) is 0 Å². The molecule has 0 saturated heterocycles. The summed E-state index contributed by atoms with van der Waals surface area (Å²) in [5.74, 6) is 1.09. The normalized spacial score (nSPS) is 10.1. The molecule has 2 nitrogen and oxygen atoms in total. The van der Waals surface area contributed by atoms with Crippen LogP contribution in [0.1, 0.15) is 18.9 Å². The molecule has 0 saturated carbocycles. The second-order valence-electron chi connectivity index (χ2n) is 2.90. The number of hydrogen-bond acceptors (Lipinski definition) is 2. The molecule has 0 aliphatic carbocycles. The lowest BCUT2D eigenvalue weighted by Gasteiger charge is -2.04. The third-order valence-corrected chi connectivity index (χ3v) is 3.22. The van der Waals surface area contributed by atoms with E-state index in [0.29, 0.717) is 10.6 Å². The van der Waals surface area contributed by atoms with Gasteiger partial charge in [-0.2, -0.15) is 0 Å². The second-order valence-corrected chi connectivity index (χ2v) is 4.48. The topological polar surface area (TPSA) is 49.9 Å². The monoisotopic (exact) mass is 228 g/mol. The number of halogens is 1. The van der Waals surface area contributed by atoms with E-state index < -0.39 is 0 Å². The Morgan fingerprint density at radius 3 is 2.79 bits per heavy atom. The molecule has 0 bridgehead atoms. The highest BCUT2D eigenvalue weighted by Crippen LogP contribution is 2.25. The van der Waals surface area contributed by atoms with Gasteiger partial charge in [0.05, 0.1) is 5.02 Å². The molecule has 0 atom stereocenters. The summed E-state index contributed by atoms with van der Waals surface area (Å²) in [7, 11) is 0. The summed E-state index contributed by atoms with van der Waals surface area (Å²) in [6, 6.07) is 5.60. The first kappa shape index (κ1) is 11.4. The maximum atomic E-state index is 7.27. The van der Waals surface area contributed by atoms with Gasteiger partial charge in [-0.15, -0.1) is 11.8 Å². The fourth-order valence-electron chi connectivity index (χ4n) is 1.02. The van der Waals surface area contributed by atoms with E-state index in [4.69, 9.17) is 22.7 Å². The van der Waals surface area contributed by atoms with E-state index in [1.165, 1.54) is 0 Å². The number of nitrogens with two attached hydrogens (primary N) is 1. The summed E-state index contributed by atoms with van der Waals surface area (Å²) in [5.41, 5.74) is 5.96. The van der Waals surface area contributed by atoms with Gasteiger partial charge in [-0.25, -0.2) is 0 Å². The number of nitrogen functional groups attached to an aromatic ring is 1. The van der Waals surface area contributed by atoms with Crippen molar-refractivity contribution in [1.82, 2.24) is 0 Å². The molecule has 0 radical (unpaired) electrons. The van der Waals surface area contributed by atoms with Crippen LogP contribution in [0.5, 0.6) is 0 Å². The Morgan fingerprint density at radius 2 is 2.29 bits per heavy atom. The minimum Gasteiger partial charge on any atom is -0.384 e. The van der Waals surface area contributed by atoms with E-state index in [2.05, 4.69) is 6.92 Å². The van der Waals surface area contributed by atoms with Crippen LogP contribution in [-0.4, -0.2) is 11.6 Å². The fraction of sp³-hybridized carbons (Fsp3) is 0.300. The highest BCUT2D eigenvalue weighted by atomic mass is 35.5. The molecule has 0 fully saturated rings. The number of benzene rings is 1. The number of thioether (sulfide) groups is 1. The molecule has 76 valence electrons. The molecular weight excluding hydrogens is 216 g/mol. The quantitative estimate of drug-likeness (QED) is 0.473. The first-order valence-electron chi connectivity index (χ1n) is 4.42. The van der Waals surface area contributed by atoms with E-state index in [9.17, 15) is 0 Å². The van der Waals surface area contributed by atoms with Crippen LogP contribution in [-0.2, 0) is 0 Å². The summed E-state index contributed by atoms with van der Waals surface area (Å²) < 4.78 is 0. The lowest BCUT2D eigenvalue weighted by Crippen LogP contribution is -2.11. The van der Waals surface area contributed by atoms with Gasteiger partial charge in [0, 0.05) is 10.5 Å². The van der Waals surface area contributed by atoms with Crippen LogP contribution in [0.25, 0.3) is 0 Å². The maximum absolute atomic E-state index is 7.27. The Balaban J connectivity index is 2.83. The fourth-order valence-corrected chi connectivity index (χ4v) is 2.18. The van der Waals surface area contributed by atoms with Crippen molar-refractivity contribution >= 4 is 29.2 Å². The average Bonchev–Trinajstić information content (AvgIpc) is 2.14. The first-order chi connectivity index (χ1) is 6.65. The molecule has 1 rings (SSSR count). The van der Waals surface area contributed by atoms with Crippen LogP contribution < -0.4 is 5.73 Å².